The lowest BCUT2D eigenvalue weighted by atomic mass is 9.76. The zero-order valence-corrected chi connectivity index (χ0v) is 18.5. The molecule has 2 aromatic carbocycles. The van der Waals surface area contributed by atoms with Crippen LogP contribution in [-0.2, 0) is 6.42 Å². The summed E-state index contributed by atoms with van der Waals surface area (Å²) in [6, 6.07) is 3.47. The molecule has 0 amide bonds. The number of ether oxygens (including phenoxy) is 5. The third-order valence-corrected chi connectivity index (χ3v) is 6.07. The van der Waals surface area contributed by atoms with E-state index in [0.29, 0.717) is 46.1 Å². The molecular formula is C23H30O7. The van der Waals surface area contributed by atoms with Gasteiger partial charge in [-0.2, -0.15) is 0 Å². The fourth-order valence-corrected chi connectivity index (χ4v) is 4.30. The van der Waals surface area contributed by atoms with Crippen molar-refractivity contribution in [2.45, 2.75) is 26.4 Å². The molecule has 30 heavy (non-hydrogen) atoms. The molecule has 0 fully saturated rings. The molecule has 7 heteroatoms. The number of methoxy groups -OCH3 is 5. The summed E-state index contributed by atoms with van der Waals surface area (Å²) in [5.41, 5.74) is 2.82. The predicted octanol–water partition coefficient (Wildman–Crippen LogP) is 3.96. The topological polar surface area (TPSA) is 86.6 Å². The lowest BCUT2D eigenvalue weighted by Crippen LogP contribution is -2.23. The van der Waals surface area contributed by atoms with Crippen LogP contribution in [0.3, 0.4) is 0 Å². The average molecular weight is 418 g/mol. The number of hydrogen-bond acceptors (Lipinski definition) is 7. The van der Waals surface area contributed by atoms with Gasteiger partial charge in [-0.05, 0) is 41.5 Å². The monoisotopic (exact) mass is 418 g/mol. The number of rotatable bonds is 5. The van der Waals surface area contributed by atoms with E-state index in [9.17, 15) is 10.2 Å². The van der Waals surface area contributed by atoms with Gasteiger partial charge in [-0.25, -0.2) is 0 Å². The highest BCUT2D eigenvalue weighted by atomic mass is 16.5. The molecule has 0 saturated heterocycles. The minimum atomic E-state index is -0.777. The maximum atomic E-state index is 11.3. The number of aromatic hydroxyl groups is 1. The van der Waals surface area contributed by atoms with E-state index in [1.54, 1.807) is 26.4 Å². The minimum absolute atomic E-state index is 0.00457. The average Bonchev–Trinajstić information content (AvgIpc) is 2.75. The number of hydrogen-bond donors (Lipinski definition) is 2. The lowest BCUT2D eigenvalue weighted by molar-refractivity contribution is 0.0862. The molecule has 1 aliphatic rings. The molecule has 0 aromatic heterocycles. The van der Waals surface area contributed by atoms with Crippen LogP contribution in [0.15, 0.2) is 12.1 Å². The first-order valence-electron chi connectivity index (χ1n) is 9.82. The molecule has 0 radical (unpaired) electrons. The summed E-state index contributed by atoms with van der Waals surface area (Å²) >= 11 is 0. The molecule has 3 rings (SSSR count). The Bertz CT molecular complexity index is 938. The van der Waals surface area contributed by atoms with Gasteiger partial charge in [0.2, 0.25) is 11.5 Å². The van der Waals surface area contributed by atoms with Crippen LogP contribution in [0.5, 0.6) is 34.5 Å². The maximum absolute atomic E-state index is 11.3. The Morgan fingerprint density at radius 2 is 1.33 bits per heavy atom. The van der Waals surface area contributed by atoms with Gasteiger partial charge < -0.3 is 33.9 Å². The van der Waals surface area contributed by atoms with Gasteiger partial charge >= 0.3 is 0 Å². The molecule has 0 heterocycles. The zero-order valence-electron chi connectivity index (χ0n) is 18.5. The Morgan fingerprint density at radius 3 is 1.87 bits per heavy atom. The van der Waals surface area contributed by atoms with Crippen LogP contribution in [0, 0.1) is 11.8 Å². The van der Waals surface area contributed by atoms with Crippen LogP contribution < -0.4 is 23.7 Å². The zero-order chi connectivity index (χ0) is 22.2. The van der Waals surface area contributed by atoms with Gasteiger partial charge in [-0.1, -0.05) is 13.8 Å². The van der Waals surface area contributed by atoms with Crippen molar-refractivity contribution < 1.29 is 33.9 Å². The van der Waals surface area contributed by atoms with E-state index in [1.807, 2.05) is 6.92 Å². The first-order valence-corrected chi connectivity index (χ1v) is 9.82. The summed E-state index contributed by atoms with van der Waals surface area (Å²) in [7, 11) is 7.61. The summed E-state index contributed by atoms with van der Waals surface area (Å²) in [4.78, 5) is 0. The summed E-state index contributed by atoms with van der Waals surface area (Å²) in [6.45, 7) is 4.09. The van der Waals surface area contributed by atoms with E-state index >= 15 is 0 Å². The summed E-state index contributed by atoms with van der Waals surface area (Å²) in [6.07, 6.45) is -0.153. The van der Waals surface area contributed by atoms with E-state index in [2.05, 4.69) is 6.92 Å². The van der Waals surface area contributed by atoms with Crippen molar-refractivity contribution in [1.82, 2.24) is 0 Å². The molecular weight excluding hydrogens is 388 g/mol. The van der Waals surface area contributed by atoms with Gasteiger partial charge in [0.15, 0.2) is 23.0 Å². The highest BCUT2D eigenvalue weighted by Crippen LogP contribution is 2.57. The van der Waals surface area contributed by atoms with E-state index in [4.69, 9.17) is 23.7 Å². The molecule has 2 N–H and O–H groups in total. The number of phenols is 1. The van der Waals surface area contributed by atoms with Gasteiger partial charge in [0.25, 0.3) is 0 Å². The fourth-order valence-electron chi connectivity index (χ4n) is 4.30. The van der Waals surface area contributed by atoms with E-state index in [-0.39, 0.29) is 23.3 Å². The van der Waals surface area contributed by atoms with Crippen molar-refractivity contribution in [3.8, 4) is 45.6 Å². The van der Waals surface area contributed by atoms with Gasteiger partial charge in [-0.15, -0.1) is 0 Å². The predicted molar refractivity (Wildman–Crippen MR) is 113 cm³/mol. The highest BCUT2D eigenvalue weighted by Gasteiger charge is 2.36. The second kappa shape index (κ2) is 8.52. The molecule has 0 spiro atoms. The smallest absolute Gasteiger partial charge is 0.203 e. The fraction of sp³-hybridized carbons (Fsp3) is 0.478. The van der Waals surface area contributed by atoms with Crippen molar-refractivity contribution in [2.75, 3.05) is 35.5 Å². The Hall–Kier alpha value is -2.80. The first kappa shape index (κ1) is 21.9. The Labute approximate surface area is 177 Å². The van der Waals surface area contributed by atoms with Crippen LogP contribution in [0.1, 0.15) is 31.1 Å². The maximum Gasteiger partial charge on any atom is 0.203 e. The van der Waals surface area contributed by atoms with Gasteiger partial charge in [0, 0.05) is 11.1 Å². The lowest BCUT2D eigenvalue weighted by Gasteiger charge is -2.33. The van der Waals surface area contributed by atoms with E-state index in [1.165, 1.54) is 21.3 Å². The normalized spacial score (nSPS) is 20.3. The molecule has 2 aromatic rings. The number of fused-ring (bicyclic) bond motifs is 3. The van der Waals surface area contributed by atoms with Crippen molar-refractivity contribution in [1.29, 1.82) is 0 Å². The molecule has 1 aliphatic carbocycles. The van der Waals surface area contributed by atoms with Crippen molar-refractivity contribution in [3.05, 3.63) is 23.3 Å². The highest BCUT2D eigenvalue weighted by molar-refractivity contribution is 5.88. The van der Waals surface area contributed by atoms with E-state index < -0.39 is 6.10 Å². The summed E-state index contributed by atoms with van der Waals surface area (Å²) in [5.74, 6) is 1.93. The standard InChI is InChI=1S/C23H30O7/c1-11-8-13-9-15(24)20(27-4)22(29-6)17(13)18-14(19(25)12(11)2)10-16(26-3)21(28-5)23(18)30-7/h9-12,19,24-25H,8H2,1-7H3/t11-,12+,19+/m1/s1. The molecule has 7 nitrogen and oxygen atoms in total. The SMILES string of the molecule is COc1cc2c(c(OC)c1OC)-c1c(cc(O)c(OC)c1OC)C[C@@H](C)[C@H](C)[C@@H]2O. The molecule has 0 aliphatic heterocycles. The van der Waals surface area contributed by atoms with Crippen LogP contribution in [0.25, 0.3) is 11.1 Å². The number of aliphatic hydroxyl groups is 1. The van der Waals surface area contributed by atoms with E-state index in [0.717, 1.165) is 5.56 Å². The largest absolute Gasteiger partial charge is 0.504 e. The van der Waals surface area contributed by atoms with Crippen molar-refractivity contribution in [2.24, 2.45) is 11.8 Å². The molecule has 0 bridgehead atoms. The second-order valence-corrected chi connectivity index (χ2v) is 7.59. The third kappa shape index (κ3) is 3.27. The molecule has 0 unspecified atom stereocenters. The number of benzene rings is 2. The van der Waals surface area contributed by atoms with Gasteiger partial charge in [0.1, 0.15) is 0 Å². The Balaban J connectivity index is 2.55. The second-order valence-electron chi connectivity index (χ2n) is 7.59. The summed E-state index contributed by atoms with van der Waals surface area (Å²) < 4.78 is 28.0. The van der Waals surface area contributed by atoms with Crippen molar-refractivity contribution in [3.63, 3.8) is 0 Å². The number of phenolic OH excluding ortho intramolecular Hbond substituents is 1. The Kier molecular flexibility index (Phi) is 6.22. The molecule has 164 valence electrons. The minimum Gasteiger partial charge on any atom is -0.504 e. The molecule has 3 atom stereocenters. The van der Waals surface area contributed by atoms with Gasteiger partial charge in [0.05, 0.1) is 41.7 Å². The quantitative estimate of drug-likeness (QED) is 0.760. The van der Waals surface area contributed by atoms with Crippen LogP contribution in [0.4, 0.5) is 0 Å². The molecule has 0 saturated carbocycles. The van der Waals surface area contributed by atoms with Crippen LogP contribution in [-0.4, -0.2) is 45.8 Å². The van der Waals surface area contributed by atoms with Crippen molar-refractivity contribution >= 4 is 0 Å². The Morgan fingerprint density at radius 1 is 0.767 bits per heavy atom. The van der Waals surface area contributed by atoms with Gasteiger partial charge in [-0.3, -0.25) is 0 Å². The van der Waals surface area contributed by atoms with Crippen LogP contribution in [0.2, 0.25) is 0 Å². The van der Waals surface area contributed by atoms with Crippen LogP contribution >= 0.6 is 0 Å². The number of aliphatic hydroxyl groups excluding tert-OH is 1. The summed E-state index contributed by atoms with van der Waals surface area (Å²) in [5, 5.41) is 21.9. The third-order valence-electron chi connectivity index (χ3n) is 6.07. The first-order chi connectivity index (χ1) is 14.3.